The molecule has 1 atom stereocenters. The van der Waals surface area contributed by atoms with Crippen LogP contribution >= 0.6 is 0 Å². The van der Waals surface area contributed by atoms with Gasteiger partial charge in [0.1, 0.15) is 0 Å². The average Bonchev–Trinajstić information content (AvgIpc) is 2.53. The van der Waals surface area contributed by atoms with Crippen molar-refractivity contribution in [3.8, 4) is 0 Å². The van der Waals surface area contributed by atoms with Gasteiger partial charge in [-0.3, -0.25) is 4.79 Å². The summed E-state index contributed by atoms with van der Waals surface area (Å²) in [6, 6.07) is 6.29. The summed E-state index contributed by atoms with van der Waals surface area (Å²) in [5.41, 5.74) is 0.509. The Kier molecular flexibility index (Phi) is 5.24. The van der Waals surface area contributed by atoms with Gasteiger partial charge in [0.25, 0.3) is 5.91 Å². The average molecular weight is 324 g/mol. The highest BCUT2D eigenvalue weighted by Gasteiger charge is 2.30. The van der Waals surface area contributed by atoms with Crippen LogP contribution in [0.5, 0.6) is 0 Å². The van der Waals surface area contributed by atoms with Gasteiger partial charge in [-0.15, -0.1) is 0 Å². The van der Waals surface area contributed by atoms with E-state index in [1.54, 1.807) is 28.4 Å². The van der Waals surface area contributed by atoms with Crippen molar-refractivity contribution in [3.05, 3.63) is 29.8 Å². The Morgan fingerprint density at radius 2 is 1.91 bits per heavy atom. The van der Waals surface area contributed by atoms with Crippen molar-refractivity contribution in [2.24, 2.45) is 0 Å². The highest BCUT2D eigenvalue weighted by Crippen LogP contribution is 2.25. The van der Waals surface area contributed by atoms with Crippen molar-refractivity contribution in [2.75, 3.05) is 20.1 Å². The fraction of sp³-hybridized carbons (Fsp3) is 0.562. The normalized spacial score (nSPS) is 19.9. The highest BCUT2D eigenvalue weighted by atomic mass is 32.2. The quantitative estimate of drug-likeness (QED) is 0.854. The third-order valence-corrected chi connectivity index (χ3v) is 6.30. The molecule has 0 aliphatic carbocycles. The lowest BCUT2D eigenvalue weighted by Gasteiger charge is -2.32. The number of hydrogen-bond acceptors (Lipinski definition) is 3. The van der Waals surface area contributed by atoms with Crippen LogP contribution in [-0.4, -0.2) is 49.7 Å². The minimum absolute atomic E-state index is 0.0336. The minimum Gasteiger partial charge on any atom is -0.342 e. The molecule has 5 nitrogen and oxygen atoms in total. The van der Waals surface area contributed by atoms with Crippen molar-refractivity contribution in [2.45, 2.75) is 44.0 Å². The first-order valence-electron chi connectivity index (χ1n) is 7.75. The highest BCUT2D eigenvalue weighted by molar-refractivity contribution is 7.89. The van der Waals surface area contributed by atoms with Gasteiger partial charge in [0.15, 0.2) is 0 Å². The van der Waals surface area contributed by atoms with Gasteiger partial charge in [-0.1, -0.05) is 6.42 Å². The lowest BCUT2D eigenvalue weighted by molar-refractivity contribution is 0.0802. The van der Waals surface area contributed by atoms with E-state index < -0.39 is 10.0 Å². The fourth-order valence-electron chi connectivity index (χ4n) is 2.70. The first-order chi connectivity index (χ1) is 10.4. The van der Waals surface area contributed by atoms with E-state index in [0.29, 0.717) is 18.7 Å². The summed E-state index contributed by atoms with van der Waals surface area (Å²) in [4.78, 5) is 13.9. The van der Waals surface area contributed by atoms with Crippen LogP contribution in [0.15, 0.2) is 29.2 Å². The lowest BCUT2D eigenvalue weighted by Crippen LogP contribution is -2.41. The third kappa shape index (κ3) is 3.33. The second-order valence-electron chi connectivity index (χ2n) is 5.80. The van der Waals surface area contributed by atoms with Crippen LogP contribution in [0.2, 0.25) is 0 Å². The lowest BCUT2D eigenvalue weighted by atomic mass is 10.1. The molecule has 0 N–H and O–H groups in total. The fourth-order valence-corrected chi connectivity index (χ4v) is 4.40. The second kappa shape index (κ2) is 6.79. The van der Waals surface area contributed by atoms with Crippen molar-refractivity contribution < 1.29 is 13.2 Å². The molecule has 0 spiro atoms. The first-order valence-corrected chi connectivity index (χ1v) is 9.19. The molecule has 1 heterocycles. The molecule has 1 aliphatic heterocycles. The number of rotatable bonds is 4. The van der Waals surface area contributed by atoms with Crippen LogP contribution in [0, 0.1) is 0 Å². The number of sulfonamides is 1. The Hall–Kier alpha value is -1.40. The molecule has 0 bridgehead atoms. The molecule has 1 saturated heterocycles. The number of nitrogens with zero attached hydrogens (tertiary/aromatic N) is 2. The standard InChI is InChI=1S/C16H24N2O3S/c1-4-17(3)16(19)14-8-10-15(11-9-14)22(20,21)18-12-6-5-7-13(18)2/h8-11,13H,4-7,12H2,1-3H3. The van der Waals surface area contributed by atoms with Gasteiger partial charge in [-0.2, -0.15) is 4.31 Å². The van der Waals surface area contributed by atoms with Crippen LogP contribution in [-0.2, 0) is 10.0 Å². The van der Waals surface area contributed by atoms with Crippen LogP contribution in [0.3, 0.4) is 0 Å². The summed E-state index contributed by atoms with van der Waals surface area (Å²) in [6.45, 7) is 5.03. The molecule has 0 aromatic heterocycles. The summed E-state index contributed by atoms with van der Waals surface area (Å²) in [7, 11) is -1.75. The van der Waals surface area contributed by atoms with Gasteiger partial charge in [0.2, 0.25) is 10.0 Å². The SMILES string of the molecule is CCN(C)C(=O)c1ccc(S(=O)(=O)N2CCCCC2C)cc1. The van der Waals surface area contributed by atoms with Gasteiger partial charge in [0, 0.05) is 31.7 Å². The molecule has 1 amide bonds. The zero-order chi connectivity index (χ0) is 16.3. The van der Waals surface area contributed by atoms with E-state index in [4.69, 9.17) is 0 Å². The Morgan fingerprint density at radius 3 is 2.45 bits per heavy atom. The molecule has 1 unspecified atom stereocenters. The maximum atomic E-state index is 12.7. The van der Waals surface area contributed by atoms with E-state index in [9.17, 15) is 13.2 Å². The molecular weight excluding hydrogens is 300 g/mol. The van der Waals surface area contributed by atoms with Crippen molar-refractivity contribution in [1.29, 1.82) is 0 Å². The number of piperidine rings is 1. The van der Waals surface area contributed by atoms with E-state index in [0.717, 1.165) is 19.3 Å². The molecule has 1 aromatic rings. The van der Waals surface area contributed by atoms with E-state index >= 15 is 0 Å². The van der Waals surface area contributed by atoms with Gasteiger partial charge < -0.3 is 4.90 Å². The molecule has 1 aromatic carbocycles. The monoisotopic (exact) mass is 324 g/mol. The minimum atomic E-state index is -3.47. The summed E-state index contributed by atoms with van der Waals surface area (Å²) >= 11 is 0. The molecule has 0 radical (unpaired) electrons. The summed E-state index contributed by atoms with van der Waals surface area (Å²) < 4.78 is 27.0. The zero-order valence-electron chi connectivity index (χ0n) is 13.4. The van der Waals surface area contributed by atoms with Crippen molar-refractivity contribution in [3.63, 3.8) is 0 Å². The van der Waals surface area contributed by atoms with Gasteiger partial charge in [-0.05, 0) is 51.0 Å². The third-order valence-electron chi connectivity index (χ3n) is 4.27. The van der Waals surface area contributed by atoms with E-state index in [-0.39, 0.29) is 16.8 Å². The molecule has 1 aliphatic rings. The van der Waals surface area contributed by atoms with Crippen LogP contribution in [0.25, 0.3) is 0 Å². The zero-order valence-corrected chi connectivity index (χ0v) is 14.3. The largest absolute Gasteiger partial charge is 0.342 e. The van der Waals surface area contributed by atoms with E-state index in [2.05, 4.69) is 0 Å². The van der Waals surface area contributed by atoms with Crippen LogP contribution in [0.1, 0.15) is 43.5 Å². The van der Waals surface area contributed by atoms with Crippen LogP contribution in [0.4, 0.5) is 0 Å². The number of amides is 1. The van der Waals surface area contributed by atoms with Crippen LogP contribution < -0.4 is 0 Å². The summed E-state index contributed by atoms with van der Waals surface area (Å²) in [6.07, 6.45) is 2.88. The Morgan fingerprint density at radius 1 is 1.27 bits per heavy atom. The number of benzene rings is 1. The number of carbonyl (C=O) groups excluding carboxylic acids is 1. The van der Waals surface area contributed by atoms with Gasteiger partial charge in [-0.25, -0.2) is 8.42 Å². The Balaban J connectivity index is 2.24. The Bertz CT molecular complexity index is 625. The van der Waals surface area contributed by atoms with Gasteiger partial charge >= 0.3 is 0 Å². The maximum absolute atomic E-state index is 12.7. The molecule has 2 rings (SSSR count). The molecule has 122 valence electrons. The number of hydrogen-bond donors (Lipinski definition) is 0. The first kappa shape index (κ1) is 17.0. The van der Waals surface area contributed by atoms with Crippen molar-refractivity contribution >= 4 is 15.9 Å². The predicted molar refractivity (Wildman–Crippen MR) is 86.3 cm³/mol. The smallest absolute Gasteiger partial charge is 0.253 e. The van der Waals surface area contributed by atoms with Gasteiger partial charge in [0.05, 0.1) is 4.90 Å². The molecule has 0 saturated carbocycles. The number of carbonyl (C=O) groups is 1. The molecule has 6 heteroatoms. The molecule has 1 fully saturated rings. The van der Waals surface area contributed by atoms with E-state index in [1.165, 1.54) is 12.1 Å². The maximum Gasteiger partial charge on any atom is 0.253 e. The Labute approximate surface area is 133 Å². The second-order valence-corrected chi connectivity index (χ2v) is 7.69. The van der Waals surface area contributed by atoms with E-state index in [1.807, 2.05) is 13.8 Å². The molecule has 22 heavy (non-hydrogen) atoms. The predicted octanol–water partition coefficient (Wildman–Crippen LogP) is 2.34. The molecular formula is C16H24N2O3S. The summed E-state index contributed by atoms with van der Waals surface area (Å²) in [5, 5.41) is 0. The summed E-state index contributed by atoms with van der Waals surface area (Å²) in [5.74, 6) is -0.0993. The topological polar surface area (TPSA) is 57.7 Å². The van der Waals surface area contributed by atoms with Crippen molar-refractivity contribution in [1.82, 2.24) is 9.21 Å².